The number of nitrogens with zero attached hydrogens (tertiary/aromatic N) is 3. The maximum absolute atomic E-state index is 13.7. The molecule has 0 aliphatic heterocycles. The van der Waals surface area contributed by atoms with Gasteiger partial charge in [-0.3, -0.25) is 9.48 Å². The molecule has 2 aromatic carbocycles. The second-order valence-electron chi connectivity index (χ2n) is 8.42. The van der Waals surface area contributed by atoms with Crippen LogP contribution < -0.4 is 5.32 Å². The van der Waals surface area contributed by atoms with Crippen LogP contribution in [-0.4, -0.2) is 27.2 Å². The Morgan fingerprint density at radius 1 is 1.13 bits per heavy atom. The summed E-state index contributed by atoms with van der Waals surface area (Å²) in [5.41, 5.74) is 4.28. The van der Waals surface area contributed by atoms with Gasteiger partial charge in [0.25, 0.3) is 5.91 Å². The number of amides is 1. The Morgan fingerprint density at radius 2 is 1.90 bits per heavy atom. The van der Waals surface area contributed by atoms with E-state index >= 15 is 0 Å². The Morgan fingerprint density at radius 3 is 2.61 bits per heavy atom. The normalized spacial score (nSPS) is 11.6. The first-order valence-electron chi connectivity index (χ1n) is 10.2. The smallest absolute Gasteiger partial charge is 0.252 e. The number of fused-ring (bicyclic) bond motifs is 1. The highest BCUT2D eigenvalue weighted by Gasteiger charge is 2.23. The fourth-order valence-corrected chi connectivity index (χ4v) is 3.66. The number of halogens is 1. The molecule has 1 N–H and O–H groups in total. The minimum atomic E-state index is -0.427. The van der Waals surface area contributed by atoms with Crippen LogP contribution in [0.25, 0.3) is 22.2 Å². The van der Waals surface area contributed by atoms with Gasteiger partial charge in [-0.25, -0.2) is 9.37 Å². The number of benzene rings is 2. The molecule has 0 saturated heterocycles. The molecular weight excluding hydrogens is 391 g/mol. The standard InChI is InChI=1S/C25H25FN4O/c1-16-21(14-28-30(16)4)23-13-20(19-10-5-6-11-22(19)29-23)24(31)27-15-25(2,3)17-8-7-9-18(26)12-17/h5-14H,15H2,1-4H3,(H,27,31). The van der Waals surface area contributed by atoms with Crippen LogP contribution in [0.4, 0.5) is 4.39 Å². The molecule has 0 saturated carbocycles. The minimum Gasteiger partial charge on any atom is -0.351 e. The number of aryl methyl sites for hydroxylation is 1. The van der Waals surface area contributed by atoms with Crippen LogP contribution in [0.1, 0.15) is 35.5 Å². The molecule has 4 aromatic rings. The maximum atomic E-state index is 13.7. The topological polar surface area (TPSA) is 59.8 Å². The van der Waals surface area contributed by atoms with E-state index < -0.39 is 5.41 Å². The third-order valence-corrected chi connectivity index (χ3v) is 5.77. The molecule has 0 aliphatic carbocycles. The number of aromatic nitrogens is 3. The van der Waals surface area contributed by atoms with Gasteiger partial charge in [-0.2, -0.15) is 5.10 Å². The van der Waals surface area contributed by atoms with Gasteiger partial charge in [0, 0.05) is 35.7 Å². The largest absolute Gasteiger partial charge is 0.351 e. The summed E-state index contributed by atoms with van der Waals surface area (Å²) in [5, 5.41) is 8.13. The third-order valence-electron chi connectivity index (χ3n) is 5.77. The van der Waals surface area contributed by atoms with E-state index in [9.17, 15) is 9.18 Å². The summed E-state index contributed by atoms with van der Waals surface area (Å²) >= 11 is 0. The molecule has 0 radical (unpaired) electrons. The average Bonchev–Trinajstić information content (AvgIpc) is 3.09. The van der Waals surface area contributed by atoms with Gasteiger partial charge in [0.15, 0.2) is 0 Å². The summed E-state index contributed by atoms with van der Waals surface area (Å²) in [5.74, 6) is -0.473. The van der Waals surface area contributed by atoms with E-state index in [4.69, 9.17) is 4.98 Å². The second-order valence-corrected chi connectivity index (χ2v) is 8.42. The van der Waals surface area contributed by atoms with Crippen molar-refractivity contribution in [1.82, 2.24) is 20.1 Å². The van der Waals surface area contributed by atoms with Crippen LogP contribution in [0.3, 0.4) is 0 Å². The zero-order valence-electron chi connectivity index (χ0n) is 18.1. The number of hydrogen-bond acceptors (Lipinski definition) is 3. The fraction of sp³-hybridized carbons (Fsp3) is 0.240. The second kappa shape index (κ2) is 7.95. The van der Waals surface area contributed by atoms with E-state index in [0.717, 1.165) is 27.7 Å². The molecule has 2 aromatic heterocycles. The van der Waals surface area contributed by atoms with Gasteiger partial charge < -0.3 is 5.32 Å². The summed E-state index contributed by atoms with van der Waals surface area (Å²) in [4.78, 5) is 18.0. The number of pyridine rings is 1. The molecule has 0 aliphatic rings. The van der Waals surface area contributed by atoms with Crippen molar-refractivity contribution in [3.63, 3.8) is 0 Å². The van der Waals surface area contributed by atoms with E-state index in [0.29, 0.717) is 17.8 Å². The van der Waals surface area contributed by atoms with Gasteiger partial charge in [0.2, 0.25) is 0 Å². The Kier molecular flexibility index (Phi) is 5.31. The Bertz CT molecular complexity index is 1280. The lowest BCUT2D eigenvalue weighted by molar-refractivity contribution is 0.0947. The van der Waals surface area contributed by atoms with Crippen LogP contribution in [0.15, 0.2) is 60.8 Å². The van der Waals surface area contributed by atoms with Gasteiger partial charge in [-0.15, -0.1) is 0 Å². The molecule has 2 heterocycles. The number of nitrogens with one attached hydrogen (secondary N) is 1. The highest BCUT2D eigenvalue weighted by Crippen LogP contribution is 2.27. The van der Waals surface area contributed by atoms with Gasteiger partial charge >= 0.3 is 0 Å². The van der Waals surface area contributed by atoms with Crippen molar-refractivity contribution < 1.29 is 9.18 Å². The number of hydrogen-bond donors (Lipinski definition) is 1. The quantitative estimate of drug-likeness (QED) is 0.509. The van der Waals surface area contributed by atoms with Crippen molar-refractivity contribution in [3.05, 3.63) is 83.4 Å². The van der Waals surface area contributed by atoms with Crippen LogP contribution in [0.2, 0.25) is 0 Å². The number of carbonyl (C=O) groups is 1. The van der Waals surface area contributed by atoms with E-state index in [2.05, 4.69) is 10.4 Å². The van der Waals surface area contributed by atoms with Crippen molar-refractivity contribution in [2.75, 3.05) is 6.54 Å². The first kappa shape index (κ1) is 20.7. The molecule has 0 atom stereocenters. The molecule has 31 heavy (non-hydrogen) atoms. The predicted molar refractivity (Wildman–Crippen MR) is 120 cm³/mol. The van der Waals surface area contributed by atoms with E-state index in [1.54, 1.807) is 16.9 Å². The highest BCUT2D eigenvalue weighted by atomic mass is 19.1. The van der Waals surface area contributed by atoms with Gasteiger partial charge in [-0.05, 0) is 36.8 Å². The van der Waals surface area contributed by atoms with Crippen molar-refractivity contribution in [3.8, 4) is 11.3 Å². The molecule has 6 heteroatoms. The minimum absolute atomic E-state index is 0.189. The molecule has 0 spiro atoms. The third kappa shape index (κ3) is 4.06. The average molecular weight is 417 g/mol. The lowest BCUT2D eigenvalue weighted by Crippen LogP contribution is -2.36. The molecule has 158 valence electrons. The summed E-state index contributed by atoms with van der Waals surface area (Å²) in [6.45, 7) is 6.31. The monoisotopic (exact) mass is 416 g/mol. The first-order chi connectivity index (χ1) is 14.8. The molecule has 0 bridgehead atoms. The lowest BCUT2D eigenvalue weighted by atomic mass is 9.84. The maximum Gasteiger partial charge on any atom is 0.252 e. The molecule has 0 fully saturated rings. The predicted octanol–water partition coefficient (Wildman–Crippen LogP) is 4.79. The summed E-state index contributed by atoms with van der Waals surface area (Å²) in [6, 6.07) is 15.9. The van der Waals surface area contributed by atoms with Crippen LogP contribution >= 0.6 is 0 Å². The Labute approximate surface area is 180 Å². The van der Waals surface area contributed by atoms with E-state index in [-0.39, 0.29) is 11.7 Å². The number of rotatable bonds is 5. The molecule has 4 rings (SSSR count). The highest BCUT2D eigenvalue weighted by molar-refractivity contribution is 6.07. The molecular formula is C25H25FN4O. The molecule has 0 unspecified atom stereocenters. The van der Waals surface area contributed by atoms with Crippen molar-refractivity contribution in [2.45, 2.75) is 26.2 Å². The fourth-order valence-electron chi connectivity index (χ4n) is 3.66. The van der Waals surface area contributed by atoms with Crippen LogP contribution in [0, 0.1) is 12.7 Å². The summed E-state index contributed by atoms with van der Waals surface area (Å²) in [7, 11) is 1.88. The Hall–Kier alpha value is -3.54. The Balaban J connectivity index is 1.68. The summed E-state index contributed by atoms with van der Waals surface area (Å²) < 4.78 is 15.5. The number of para-hydroxylation sites is 1. The van der Waals surface area contributed by atoms with E-state index in [1.165, 1.54) is 12.1 Å². The van der Waals surface area contributed by atoms with Crippen molar-refractivity contribution in [1.29, 1.82) is 0 Å². The van der Waals surface area contributed by atoms with Crippen molar-refractivity contribution in [2.24, 2.45) is 7.05 Å². The SMILES string of the molecule is Cc1c(-c2cc(C(=O)NCC(C)(C)c3cccc(F)c3)c3ccccc3n2)cnn1C. The van der Waals surface area contributed by atoms with Crippen molar-refractivity contribution >= 4 is 16.8 Å². The molecule has 1 amide bonds. The van der Waals surface area contributed by atoms with Crippen LogP contribution in [0.5, 0.6) is 0 Å². The van der Waals surface area contributed by atoms with E-state index in [1.807, 2.05) is 64.2 Å². The lowest BCUT2D eigenvalue weighted by Gasteiger charge is -2.26. The zero-order chi connectivity index (χ0) is 22.2. The zero-order valence-corrected chi connectivity index (χ0v) is 18.1. The molecule has 5 nitrogen and oxygen atoms in total. The number of carbonyl (C=O) groups excluding carboxylic acids is 1. The first-order valence-corrected chi connectivity index (χ1v) is 10.2. The van der Waals surface area contributed by atoms with Gasteiger partial charge in [-0.1, -0.05) is 44.2 Å². The van der Waals surface area contributed by atoms with Crippen LogP contribution in [-0.2, 0) is 12.5 Å². The van der Waals surface area contributed by atoms with Gasteiger partial charge in [0.05, 0.1) is 23.0 Å². The van der Waals surface area contributed by atoms with Gasteiger partial charge in [0.1, 0.15) is 5.82 Å². The summed E-state index contributed by atoms with van der Waals surface area (Å²) in [6.07, 6.45) is 1.77.